The van der Waals surface area contributed by atoms with E-state index in [0.717, 1.165) is 6.07 Å². The summed E-state index contributed by atoms with van der Waals surface area (Å²) in [7, 11) is 0. The Morgan fingerprint density at radius 3 is 2.62 bits per heavy atom. The van der Waals surface area contributed by atoms with Crippen molar-refractivity contribution in [3.63, 3.8) is 0 Å². The van der Waals surface area contributed by atoms with Crippen molar-refractivity contribution in [2.75, 3.05) is 0 Å². The van der Waals surface area contributed by atoms with Gasteiger partial charge in [0.2, 0.25) is 0 Å². The normalized spacial score (nSPS) is 19.6. The molecule has 2 rings (SSSR count). The van der Waals surface area contributed by atoms with Gasteiger partial charge in [0.05, 0.1) is 5.92 Å². The SMILES string of the molecule is O=C(O)C1Cc2ccc(C(F)(F)F)nc2C1. The summed E-state index contributed by atoms with van der Waals surface area (Å²) < 4.78 is 37.0. The molecule has 1 unspecified atom stereocenters. The molecular formula is C10H8F3NO2. The van der Waals surface area contributed by atoms with E-state index in [4.69, 9.17) is 5.11 Å². The van der Waals surface area contributed by atoms with E-state index in [2.05, 4.69) is 4.98 Å². The Morgan fingerprint density at radius 2 is 2.06 bits per heavy atom. The van der Waals surface area contributed by atoms with E-state index in [-0.39, 0.29) is 18.5 Å². The molecule has 0 bridgehead atoms. The minimum atomic E-state index is -4.48. The number of carboxylic acids is 1. The summed E-state index contributed by atoms with van der Waals surface area (Å²) in [5, 5.41) is 8.76. The first-order valence-electron chi connectivity index (χ1n) is 4.66. The van der Waals surface area contributed by atoms with Gasteiger partial charge in [-0.15, -0.1) is 0 Å². The van der Waals surface area contributed by atoms with Crippen LogP contribution in [0.3, 0.4) is 0 Å². The predicted molar refractivity (Wildman–Crippen MR) is 47.8 cm³/mol. The zero-order valence-corrected chi connectivity index (χ0v) is 8.08. The summed E-state index contributed by atoms with van der Waals surface area (Å²) in [5.74, 6) is -1.64. The number of pyridine rings is 1. The Hall–Kier alpha value is -1.59. The molecule has 86 valence electrons. The van der Waals surface area contributed by atoms with Crippen molar-refractivity contribution in [3.8, 4) is 0 Å². The largest absolute Gasteiger partial charge is 0.481 e. The van der Waals surface area contributed by atoms with Gasteiger partial charge in [-0.2, -0.15) is 13.2 Å². The fraction of sp³-hybridized carbons (Fsp3) is 0.400. The number of hydrogen-bond donors (Lipinski definition) is 1. The maximum atomic E-state index is 12.3. The Balaban J connectivity index is 2.31. The lowest BCUT2D eigenvalue weighted by Crippen LogP contribution is -2.13. The number of aromatic nitrogens is 1. The fourth-order valence-electron chi connectivity index (χ4n) is 1.80. The lowest BCUT2D eigenvalue weighted by Gasteiger charge is -2.06. The standard InChI is InChI=1S/C10H8F3NO2/c11-10(12,13)8-2-1-5-3-6(9(15)16)4-7(5)14-8/h1-2,6H,3-4H2,(H,15,16). The summed E-state index contributed by atoms with van der Waals surface area (Å²) in [6.45, 7) is 0. The Labute approximate surface area is 88.9 Å². The zero-order valence-electron chi connectivity index (χ0n) is 8.08. The highest BCUT2D eigenvalue weighted by molar-refractivity contribution is 5.72. The summed E-state index contributed by atoms with van der Waals surface area (Å²) >= 11 is 0. The number of alkyl halides is 3. The number of nitrogens with zero attached hydrogens (tertiary/aromatic N) is 1. The monoisotopic (exact) mass is 231 g/mol. The van der Waals surface area contributed by atoms with Gasteiger partial charge in [0.1, 0.15) is 5.69 Å². The topological polar surface area (TPSA) is 50.2 Å². The smallest absolute Gasteiger partial charge is 0.433 e. The van der Waals surface area contributed by atoms with E-state index >= 15 is 0 Å². The minimum absolute atomic E-state index is 0.0780. The molecule has 0 aliphatic heterocycles. The molecule has 0 aromatic carbocycles. The van der Waals surface area contributed by atoms with Gasteiger partial charge in [-0.1, -0.05) is 6.07 Å². The van der Waals surface area contributed by atoms with Crippen LogP contribution in [-0.2, 0) is 23.8 Å². The van der Waals surface area contributed by atoms with Crippen LogP contribution in [0.15, 0.2) is 12.1 Å². The molecule has 0 radical (unpaired) electrons. The van der Waals surface area contributed by atoms with Gasteiger partial charge in [0.15, 0.2) is 0 Å². The van der Waals surface area contributed by atoms with E-state index < -0.39 is 23.8 Å². The van der Waals surface area contributed by atoms with Crippen LogP contribution in [0.25, 0.3) is 0 Å². The third-order valence-electron chi connectivity index (χ3n) is 2.61. The number of rotatable bonds is 1. The van der Waals surface area contributed by atoms with Crippen LogP contribution in [0.1, 0.15) is 17.0 Å². The molecule has 3 nitrogen and oxygen atoms in total. The zero-order chi connectivity index (χ0) is 11.9. The summed E-state index contributed by atoms with van der Waals surface area (Å²) in [6, 6.07) is 2.21. The van der Waals surface area contributed by atoms with Crippen molar-refractivity contribution in [2.45, 2.75) is 19.0 Å². The number of aliphatic carboxylic acids is 1. The first-order valence-corrected chi connectivity index (χ1v) is 4.66. The molecule has 1 atom stereocenters. The second-order valence-electron chi connectivity index (χ2n) is 3.74. The summed E-state index contributed by atoms with van der Waals surface area (Å²) in [4.78, 5) is 14.2. The summed E-state index contributed by atoms with van der Waals surface area (Å²) in [6.07, 6.45) is -4.14. The average Bonchev–Trinajstić information content (AvgIpc) is 2.58. The quantitative estimate of drug-likeness (QED) is 0.803. The van der Waals surface area contributed by atoms with E-state index in [1.165, 1.54) is 6.07 Å². The van der Waals surface area contributed by atoms with E-state index in [1.807, 2.05) is 0 Å². The highest BCUT2D eigenvalue weighted by Gasteiger charge is 2.35. The molecule has 1 N–H and O–H groups in total. The van der Waals surface area contributed by atoms with Crippen molar-refractivity contribution in [3.05, 3.63) is 29.1 Å². The number of fused-ring (bicyclic) bond motifs is 1. The van der Waals surface area contributed by atoms with Crippen molar-refractivity contribution >= 4 is 5.97 Å². The molecular weight excluding hydrogens is 223 g/mol. The minimum Gasteiger partial charge on any atom is -0.481 e. The Bertz CT molecular complexity index is 442. The average molecular weight is 231 g/mol. The number of halogens is 3. The van der Waals surface area contributed by atoms with Crippen LogP contribution in [0.2, 0.25) is 0 Å². The number of carboxylic acid groups (broad SMARTS) is 1. The lowest BCUT2D eigenvalue weighted by atomic mass is 10.1. The second-order valence-corrected chi connectivity index (χ2v) is 3.74. The molecule has 1 heterocycles. The Kier molecular flexibility index (Phi) is 2.36. The van der Waals surface area contributed by atoms with Gasteiger partial charge < -0.3 is 5.11 Å². The van der Waals surface area contributed by atoms with Crippen LogP contribution < -0.4 is 0 Å². The van der Waals surface area contributed by atoms with Crippen molar-refractivity contribution in [1.29, 1.82) is 0 Å². The van der Waals surface area contributed by atoms with Gasteiger partial charge in [0, 0.05) is 12.1 Å². The van der Waals surface area contributed by atoms with Crippen LogP contribution in [-0.4, -0.2) is 16.1 Å². The number of hydrogen-bond acceptors (Lipinski definition) is 2. The van der Waals surface area contributed by atoms with Gasteiger partial charge >= 0.3 is 12.1 Å². The van der Waals surface area contributed by atoms with Crippen molar-refractivity contribution in [1.82, 2.24) is 4.98 Å². The third-order valence-corrected chi connectivity index (χ3v) is 2.61. The first kappa shape index (κ1) is 10.9. The molecule has 6 heteroatoms. The molecule has 0 saturated heterocycles. The molecule has 1 aliphatic carbocycles. The van der Waals surface area contributed by atoms with Crippen molar-refractivity contribution in [2.24, 2.45) is 5.92 Å². The van der Waals surface area contributed by atoms with Crippen LogP contribution in [0, 0.1) is 5.92 Å². The lowest BCUT2D eigenvalue weighted by molar-refractivity contribution is -0.141. The molecule has 0 spiro atoms. The number of carbonyl (C=O) groups is 1. The molecule has 0 fully saturated rings. The van der Waals surface area contributed by atoms with Gasteiger partial charge in [-0.3, -0.25) is 4.79 Å². The van der Waals surface area contributed by atoms with Gasteiger partial charge in [-0.05, 0) is 18.1 Å². The van der Waals surface area contributed by atoms with E-state index in [1.54, 1.807) is 0 Å². The molecule has 1 aromatic heterocycles. The maximum absolute atomic E-state index is 12.3. The predicted octanol–water partition coefficient (Wildman–Crippen LogP) is 1.90. The molecule has 1 aromatic rings. The summed E-state index contributed by atoms with van der Waals surface area (Å²) in [5.41, 5.74) is -0.111. The molecule has 0 saturated carbocycles. The highest BCUT2D eigenvalue weighted by atomic mass is 19.4. The maximum Gasteiger partial charge on any atom is 0.433 e. The van der Waals surface area contributed by atoms with Gasteiger partial charge in [-0.25, -0.2) is 4.98 Å². The van der Waals surface area contributed by atoms with E-state index in [0.29, 0.717) is 5.56 Å². The van der Waals surface area contributed by atoms with Crippen molar-refractivity contribution < 1.29 is 23.1 Å². The Morgan fingerprint density at radius 1 is 1.38 bits per heavy atom. The first-order chi connectivity index (χ1) is 7.38. The fourth-order valence-corrected chi connectivity index (χ4v) is 1.80. The van der Waals surface area contributed by atoms with Crippen LogP contribution >= 0.6 is 0 Å². The van der Waals surface area contributed by atoms with E-state index in [9.17, 15) is 18.0 Å². The molecule has 1 aliphatic rings. The van der Waals surface area contributed by atoms with Crippen LogP contribution in [0.5, 0.6) is 0 Å². The van der Waals surface area contributed by atoms with Crippen LogP contribution in [0.4, 0.5) is 13.2 Å². The second kappa shape index (κ2) is 3.47. The third kappa shape index (κ3) is 1.87. The molecule has 16 heavy (non-hydrogen) atoms. The molecule has 0 amide bonds. The highest BCUT2D eigenvalue weighted by Crippen LogP contribution is 2.31. The van der Waals surface area contributed by atoms with Gasteiger partial charge in [0.25, 0.3) is 0 Å².